The molecule has 1 fully saturated rings. The third-order valence-corrected chi connectivity index (χ3v) is 4.19. The summed E-state index contributed by atoms with van der Waals surface area (Å²) in [7, 11) is 0. The molecule has 1 saturated carbocycles. The first kappa shape index (κ1) is 15.8. The van der Waals surface area contributed by atoms with Crippen LogP contribution in [0.25, 0.3) is 0 Å². The number of aliphatic hydroxyl groups excluding tert-OH is 1. The molecule has 0 aliphatic heterocycles. The van der Waals surface area contributed by atoms with Crippen LogP contribution in [0.1, 0.15) is 38.2 Å². The fourth-order valence-corrected chi connectivity index (χ4v) is 2.85. The maximum atomic E-state index is 9.98. The molecule has 0 saturated heterocycles. The van der Waals surface area contributed by atoms with E-state index < -0.39 is 6.10 Å². The van der Waals surface area contributed by atoms with Crippen LogP contribution in [0.4, 0.5) is 0 Å². The molecule has 0 aromatic heterocycles. The van der Waals surface area contributed by atoms with E-state index in [0.717, 1.165) is 5.92 Å². The zero-order chi connectivity index (χ0) is 15.1. The molecule has 0 radical (unpaired) electrons. The zero-order valence-corrected chi connectivity index (χ0v) is 12.6. The monoisotopic (exact) mass is 288 g/mol. The first-order valence-corrected chi connectivity index (χ1v) is 7.73. The molecule has 1 aliphatic carbocycles. The van der Waals surface area contributed by atoms with Crippen LogP contribution < -0.4 is 10.1 Å². The fourth-order valence-electron chi connectivity index (χ4n) is 2.85. The number of nitrogens with zero attached hydrogens (tertiary/aromatic N) is 1. The van der Waals surface area contributed by atoms with Crippen molar-refractivity contribution in [3.05, 3.63) is 29.8 Å². The van der Waals surface area contributed by atoms with Gasteiger partial charge >= 0.3 is 0 Å². The third kappa shape index (κ3) is 5.04. The second-order valence-electron chi connectivity index (χ2n) is 5.85. The Morgan fingerprint density at radius 2 is 2.19 bits per heavy atom. The van der Waals surface area contributed by atoms with Gasteiger partial charge in [0.05, 0.1) is 11.6 Å². The average molecular weight is 288 g/mol. The van der Waals surface area contributed by atoms with Gasteiger partial charge in [-0.05, 0) is 43.9 Å². The van der Waals surface area contributed by atoms with Crippen LogP contribution in [0, 0.1) is 17.2 Å². The van der Waals surface area contributed by atoms with Crippen molar-refractivity contribution in [3.63, 3.8) is 0 Å². The summed E-state index contributed by atoms with van der Waals surface area (Å²) in [6, 6.07) is 9.50. The fraction of sp³-hybridized carbons (Fsp3) is 0.588. The van der Waals surface area contributed by atoms with Gasteiger partial charge in [-0.1, -0.05) is 18.9 Å². The Kier molecular flexibility index (Phi) is 6.04. The van der Waals surface area contributed by atoms with Crippen molar-refractivity contribution >= 4 is 0 Å². The molecular weight excluding hydrogens is 264 g/mol. The Bertz CT molecular complexity index is 478. The quantitative estimate of drug-likeness (QED) is 0.809. The Morgan fingerprint density at radius 3 is 2.90 bits per heavy atom. The molecule has 2 N–H and O–H groups in total. The minimum atomic E-state index is -0.542. The molecule has 4 heteroatoms. The molecule has 2 rings (SSSR count). The van der Waals surface area contributed by atoms with Crippen LogP contribution in [0.15, 0.2) is 24.3 Å². The van der Waals surface area contributed by atoms with Crippen molar-refractivity contribution in [2.45, 2.75) is 44.8 Å². The number of hydrogen-bond donors (Lipinski definition) is 2. The van der Waals surface area contributed by atoms with E-state index in [9.17, 15) is 5.11 Å². The highest BCUT2D eigenvalue weighted by molar-refractivity contribution is 5.36. The van der Waals surface area contributed by atoms with E-state index in [1.807, 2.05) is 0 Å². The molecule has 2 atom stereocenters. The van der Waals surface area contributed by atoms with Crippen LogP contribution in [-0.2, 0) is 0 Å². The second kappa shape index (κ2) is 8.02. The zero-order valence-electron chi connectivity index (χ0n) is 12.6. The SMILES string of the molecule is C[C@H](NCC(O)COc1cccc(C#N)c1)C1CCCC1. The summed E-state index contributed by atoms with van der Waals surface area (Å²) in [6.07, 6.45) is 4.71. The number of nitrogens with one attached hydrogen (secondary N) is 1. The van der Waals surface area contributed by atoms with E-state index in [2.05, 4.69) is 18.3 Å². The number of aliphatic hydroxyl groups is 1. The first-order valence-electron chi connectivity index (χ1n) is 7.73. The Hall–Kier alpha value is -1.57. The van der Waals surface area contributed by atoms with Gasteiger partial charge in [0.15, 0.2) is 0 Å². The predicted molar refractivity (Wildman–Crippen MR) is 82.1 cm³/mol. The molecule has 4 nitrogen and oxygen atoms in total. The summed E-state index contributed by atoms with van der Waals surface area (Å²) in [6.45, 7) is 2.97. The lowest BCUT2D eigenvalue weighted by Gasteiger charge is -2.22. The smallest absolute Gasteiger partial charge is 0.120 e. The molecular formula is C17H24N2O2. The number of ether oxygens (including phenoxy) is 1. The Balaban J connectivity index is 1.69. The Morgan fingerprint density at radius 1 is 1.43 bits per heavy atom. The number of benzene rings is 1. The van der Waals surface area contributed by atoms with Crippen molar-refractivity contribution in [2.75, 3.05) is 13.2 Å². The minimum absolute atomic E-state index is 0.235. The largest absolute Gasteiger partial charge is 0.491 e. The lowest BCUT2D eigenvalue weighted by atomic mass is 10.00. The van der Waals surface area contributed by atoms with E-state index in [-0.39, 0.29) is 6.61 Å². The summed E-state index contributed by atoms with van der Waals surface area (Å²) in [4.78, 5) is 0. The molecule has 1 aromatic rings. The normalized spacial score (nSPS) is 18.1. The molecule has 1 aromatic carbocycles. The van der Waals surface area contributed by atoms with Gasteiger partial charge < -0.3 is 15.2 Å². The lowest BCUT2D eigenvalue weighted by Crippen LogP contribution is -2.39. The van der Waals surface area contributed by atoms with Crippen molar-refractivity contribution < 1.29 is 9.84 Å². The van der Waals surface area contributed by atoms with Crippen molar-refractivity contribution in [1.82, 2.24) is 5.32 Å². The van der Waals surface area contributed by atoms with Gasteiger partial charge in [-0.3, -0.25) is 0 Å². The molecule has 0 bridgehead atoms. The molecule has 0 amide bonds. The summed E-state index contributed by atoms with van der Waals surface area (Å²) < 4.78 is 5.53. The topological polar surface area (TPSA) is 65.3 Å². The van der Waals surface area contributed by atoms with Gasteiger partial charge in [-0.25, -0.2) is 0 Å². The number of hydrogen-bond acceptors (Lipinski definition) is 4. The molecule has 114 valence electrons. The molecule has 1 unspecified atom stereocenters. The van der Waals surface area contributed by atoms with Crippen LogP contribution in [0.2, 0.25) is 0 Å². The van der Waals surface area contributed by atoms with Crippen molar-refractivity contribution in [2.24, 2.45) is 5.92 Å². The number of rotatable bonds is 7. The second-order valence-corrected chi connectivity index (χ2v) is 5.85. The molecule has 21 heavy (non-hydrogen) atoms. The molecule has 0 heterocycles. The van der Waals surface area contributed by atoms with Crippen LogP contribution >= 0.6 is 0 Å². The van der Waals surface area contributed by atoms with Gasteiger partial charge in [0, 0.05) is 12.6 Å². The van der Waals surface area contributed by atoms with Crippen LogP contribution in [0.3, 0.4) is 0 Å². The molecule has 1 aliphatic rings. The maximum Gasteiger partial charge on any atom is 0.120 e. The highest BCUT2D eigenvalue weighted by Gasteiger charge is 2.21. The van der Waals surface area contributed by atoms with Crippen molar-refractivity contribution in [1.29, 1.82) is 5.26 Å². The van der Waals surface area contributed by atoms with E-state index in [1.54, 1.807) is 24.3 Å². The van der Waals surface area contributed by atoms with E-state index in [4.69, 9.17) is 10.00 Å². The van der Waals surface area contributed by atoms with E-state index in [0.29, 0.717) is 23.9 Å². The molecule has 0 spiro atoms. The first-order chi connectivity index (χ1) is 10.2. The van der Waals surface area contributed by atoms with Crippen LogP contribution in [0.5, 0.6) is 5.75 Å². The van der Waals surface area contributed by atoms with E-state index >= 15 is 0 Å². The maximum absolute atomic E-state index is 9.98. The van der Waals surface area contributed by atoms with Gasteiger partial charge in [0.2, 0.25) is 0 Å². The highest BCUT2D eigenvalue weighted by Crippen LogP contribution is 2.27. The Labute approximate surface area is 126 Å². The van der Waals surface area contributed by atoms with E-state index in [1.165, 1.54) is 25.7 Å². The minimum Gasteiger partial charge on any atom is -0.491 e. The number of nitriles is 1. The lowest BCUT2D eigenvalue weighted by molar-refractivity contribution is 0.102. The third-order valence-electron chi connectivity index (χ3n) is 4.19. The van der Waals surface area contributed by atoms with Crippen molar-refractivity contribution in [3.8, 4) is 11.8 Å². The van der Waals surface area contributed by atoms with Crippen LogP contribution in [-0.4, -0.2) is 30.4 Å². The summed E-state index contributed by atoms with van der Waals surface area (Å²) in [5.41, 5.74) is 0.565. The van der Waals surface area contributed by atoms with Gasteiger partial charge in [-0.2, -0.15) is 5.26 Å². The van der Waals surface area contributed by atoms with Gasteiger partial charge in [0.1, 0.15) is 18.5 Å². The predicted octanol–water partition coefficient (Wildman–Crippen LogP) is 2.47. The van der Waals surface area contributed by atoms with Gasteiger partial charge in [-0.15, -0.1) is 0 Å². The van der Waals surface area contributed by atoms with Gasteiger partial charge in [0.25, 0.3) is 0 Å². The summed E-state index contributed by atoms with van der Waals surface area (Å²) in [5, 5.41) is 22.2. The summed E-state index contributed by atoms with van der Waals surface area (Å²) >= 11 is 0. The highest BCUT2D eigenvalue weighted by atomic mass is 16.5. The summed E-state index contributed by atoms with van der Waals surface area (Å²) in [5.74, 6) is 1.36. The standard InChI is InChI=1S/C17H24N2O2/c1-13(15-6-2-3-7-15)19-11-16(20)12-21-17-8-4-5-14(9-17)10-18/h4-5,8-9,13,15-16,19-20H,2-3,6-7,11-12H2,1H3/t13-,16?/m0/s1. The average Bonchev–Trinajstić information content (AvgIpc) is 3.05.